The van der Waals surface area contributed by atoms with Gasteiger partial charge in [0.05, 0.1) is 13.2 Å². The van der Waals surface area contributed by atoms with Crippen molar-refractivity contribution in [2.45, 2.75) is 6.92 Å². The number of carbonyl (C=O) groups excluding carboxylic acids is 1. The summed E-state index contributed by atoms with van der Waals surface area (Å²) in [6.07, 6.45) is 1.49. The van der Waals surface area contributed by atoms with Crippen molar-refractivity contribution in [3.8, 4) is 0 Å². The Morgan fingerprint density at radius 1 is 1.54 bits per heavy atom. The van der Waals surface area contributed by atoms with Crippen molar-refractivity contribution < 1.29 is 9.53 Å². The Morgan fingerprint density at radius 2 is 2.15 bits per heavy atom. The summed E-state index contributed by atoms with van der Waals surface area (Å²) in [5.74, 6) is 4.69. The molecular formula is C8H15N3O2. The van der Waals surface area contributed by atoms with E-state index in [2.05, 4.69) is 10.3 Å². The quantitative estimate of drug-likeness (QED) is 0.256. The SMILES string of the molecule is CC(=CC(=O)NN)N1CCOCC1. The van der Waals surface area contributed by atoms with E-state index in [0.29, 0.717) is 0 Å². The van der Waals surface area contributed by atoms with E-state index in [9.17, 15) is 4.79 Å². The Morgan fingerprint density at radius 3 is 2.69 bits per heavy atom. The molecule has 0 aromatic rings. The fraction of sp³-hybridized carbons (Fsp3) is 0.625. The van der Waals surface area contributed by atoms with E-state index in [1.165, 1.54) is 6.08 Å². The Hall–Kier alpha value is -1.07. The van der Waals surface area contributed by atoms with Crippen LogP contribution < -0.4 is 11.3 Å². The molecule has 0 saturated carbocycles. The van der Waals surface area contributed by atoms with Gasteiger partial charge in [-0.25, -0.2) is 5.84 Å². The first-order valence-corrected chi connectivity index (χ1v) is 4.25. The maximum atomic E-state index is 10.9. The van der Waals surface area contributed by atoms with Crippen LogP contribution in [0.1, 0.15) is 6.92 Å². The van der Waals surface area contributed by atoms with Crippen molar-refractivity contribution in [1.82, 2.24) is 10.3 Å². The molecule has 0 unspecified atom stereocenters. The van der Waals surface area contributed by atoms with E-state index in [0.717, 1.165) is 32.0 Å². The fourth-order valence-electron chi connectivity index (χ4n) is 1.24. The summed E-state index contributed by atoms with van der Waals surface area (Å²) >= 11 is 0. The second-order valence-electron chi connectivity index (χ2n) is 2.89. The molecule has 1 fully saturated rings. The van der Waals surface area contributed by atoms with Gasteiger partial charge < -0.3 is 9.64 Å². The number of amides is 1. The molecule has 1 rings (SSSR count). The molecule has 3 N–H and O–H groups in total. The maximum absolute atomic E-state index is 10.9. The maximum Gasteiger partial charge on any atom is 0.259 e. The highest BCUT2D eigenvalue weighted by Crippen LogP contribution is 2.05. The van der Waals surface area contributed by atoms with Gasteiger partial charge in [0.15, 0.2) is 0 Å². The standard InChI is InChI=1S/C8H15N3O2/c1-7(6-8(12)10-9)11-2-4-13-5-3-11/h6H,2-5,9H2,1H3,(H,10,12). The molecule has 74 valence electrons. The molecule has 0 atom stereocenters. The topological polar surface area (TPSA) is 67.6 Å². The zero-order valence-electron chi connectivity index (χ0n) is 7.75. The molecule has 0 bridgehead atoms. The fourth-order valence-corrected chi connectivity index (χ4v) is 1.24. The zero-order chi connectivity index (χ0) is 9.68. The predicted octanol–water partition coefficient (Wildman–Crippen LogP) is -0.788. The summed E-state index contributed by atoms with van der Waals surface area (Å²) in [5, 5.41) is 0. The van der Waals surface area contributed by atoms with Crippen LogP contribution in [0.4, 0.5) is 0 Å². The highest BCUT2D eigenvalue weighted by atomic mass is 16.5. The number of morpholine rings is 1. The van der Waals surface area contributed by atoms with Gasteiger partial charge in [-0.2, -0.15) is 0 Å². The van der Waals surface area contributed by atoms with Gasteiger partial charge in [0, 0.05) is 24.9 Å². The predicted molar refractivity (Wildman–Crippen MR) is 48.5 cm³/mol. The van der Waals surface area contributed by atoms with E-state index in [-0.39, 0.29) is 5.91 Å². The summed E-state index contributed by atoms with van der Waals surface area (Å²) in [5.41, 5.74) is 2.98. The van der Waals surface area contributed by atoms with Crippen molar-refractivity contribution in [1.29, 1.82) is 0 Å². The van der Waals surface area contributed by atoms with Gasteiger partial charge in [-0.15, -0.1) is 0 Å². The van der Waals surface area contributed by atoms with Crippen LogP contribution in [0.25, 0.3) is 0 Å². The number of nitrogens with zero attached hydrogens (tertiary/aromatic N) is 1. The monoisotopic (exact) mass is 185 g/mol. The van der Waals surface area contributed by atoms with E-state index in [1.807, 2.05) is 6.92 Å². The second kappa shape index (κ2) is 4.84. The summed E-state index contributed by atoms with van der Waals surface area (Å²) in [6.45, 7) is 4.99. The lowest BCUT2D eigenvalue weighted by Crippen LogP contribution is -2.36. The van der Waals surface area contributed by atoms with Crippen LogP contribution in [0.15, 0.2) is 11.8 Å². The van der Waals surface area contributed by atoms with Crippen LogP contribution in [0.3, 0.4) is 0 Å². The van der Waals surface area contributed by atoms with Gasteiger partial charge in [0.1, 0.15) is 0 Å². The van der Waals surface area contributed by atoms with E-state index in [4.69, 9.17) is 10.6 Å². The number of rotatable bonds is 2. The van der Waals surface area contributed by atoms with E-state index >= 15 is 0 Å². The van der Waals surface area contributed by atoms with E-state index < -0.39 is 0 Å². The molecule has 0 radical (unpaired) electrons. The average molecular weight is 185 g/mol. The van der Waals surface area contributed by atoms with Crippen molar-refractivity contribution >= 4 is 5.91 Å². The summed E-state index contributed by atoms with van der Waals surface area (Å²) < 4.78 is 5.19. The number of carbonyl (C=O) groups is 1. The molecule has 1 aliphatic rings. The number of hydrogen-bond acceptors (Lipinski definition) is 4. The third-order valence-electron chi connectivity index (χ3n) is 1.99. The lowest BCUT2D eigenvalue weighted by molar-refractivity contribution is -0.116. The summed E-state index contributed by atoms with van der Waals surface area (Å²) in [6, 6.07) is 0. The van der Waals surface area contributed by atoms with Crippen LogP contribution in [0.2, 0.25) is 0 Å². The van der Waals surface area contributed by atoms with Crippen LogP contribution in [-0.4, -0.2) is 37.1 Å². The first-order valence-electron chi connectivity index (χ1n) is 4.25. The van der Waals surface area contributed by atoms with Gasteiger partial charge in [-0.1, -0.05) is 0 Å². The third-order valence-corrected chi connectivity index (χ3v) is 1.99. The van der Waals surface area contributed by atoms with Gasteiger partial charge in [-0.3, -0.25) is 10.2 Å². The second-order valence-corrected chi connectivity index (χ2v) is 2.89. The Bertz CT molecular complexity index is 209. The van der Waals surface area contributed by atoms with Crippen LogP contribution in [0.5, 0.6) is 0 Å². The molecule has 1 heterocycles. The van der Waals surface area contributed by atoms with Gasteiger partial charge in [0.25, 0.3) is 5.91 Å². The highest BCUT2D eigenvalue weighted by Gasteiger charge is 2.10. The van der Waals surface area contributed by atoms with Crippen molar-refractivity contribution in [3.05, 3.63) is 11.8 Å². The molecule has 0 aromatic carbocycles. The van der Waals surface area contributed by atoms with Gasteiger partial charge >= 0.3 is 0 Å². The number of nitrogens with two attached hydrogens (primary N) is 1. The average Bonchev–Trinajstić information content (AvgIpc) is 2.19. The van der Waals surface area contributed by atoms with Gasteiger partial charge in [0.2, 0.25) is 0 Å². The zero-order valence-corrected chi connectivity index (χ0v) is 7.75. The molecule has 1 amide bonds. The molecule has 1 saturated heterocycles. The lowest BCUT2D eigenvalue weighted by Gasteiger charge is -2.29. The van der Waals surface area contributed by atoms with Crippen LogP contribution in [0, 0.1) is 0 Å². The number of nitrogens with one attached hydrogen (secondary N) is 1. The van der Waals surface area contributed by atoms with Crippen molar-refractivity contribution in [3.63, 3.8) is 0 Å². The lowest BCUT2D eigenvalue weighted by atomic mass is 10.3. The first kappa shape index (κ1) is 10.0. The molecule has 5 nitrogen and oxygen atoms in total. The number of hydrogen-bond donors (Lipinski definition) is 2. The molecule has 0 aliphatic carbocycles. The normalized spacial score (nSPS) is 18.6. The van der Waals surface area contributed by atoms with Crippen LogP contribution >= 0.6 is 0 Å². The minimum absolute atomic E-state index is 0.274. The van der Waals surface area contributed by atoms with Crippen LogP contribution in [-0.2, 0) is 9.53 Å². The minimum Gasteiger partial charge on any atom is -0.378 e. The van der Waals surface area contributed by atoms with Gasteiger partial charge in [-0.05, 0) is 6.92 Å². The third kappa shape index (κ3) is 3.04. The molecular weight excluding hydrogens is 170 g/mol. The van der Waals surface area contributed by atoms with E-state index in [1.54, 1.807) is 0 Å². The molecule has 13 heavy (non-hydrogen) atoms. The Balaban J connectivity index is 2.49. The van der Waals surface area contributed by atoms with Crippen molar-refractivity contribution in [2.75, 3.05) is 26.3 Å². The Kier molecular flexibility index (Phi) is 3.72. The number of allylic oxidation sites excluding steroid dienone is 1. The smallest absolute Gasteiger partial charge is 0.259 e. The summed E-state index contributed by atoms with van der Waals surface area (Å²) in [4.78, 5) is 13.0. The number of hydrazine groups is 1. The largest absolute Gasteiger partial charge is 0.378 e. The molecule has 0 spiro atoms. The molecule has 1 aliphatic heterocycles. The Labute approximate surface area is 77.5 Å². The first-order chi connectivity index (χ1) is 6.24. The molecule has 0 aromatic heterocycles. The number of ether oxygens (including phenoxy) is 1. The minimum atomic E-state index is -0.274. The molecule has 5 heteroatoms. The highest BCUT2D eigenvalue weighted by molar-refractivity contribution is 5.87. The summed E-state index contributed by atoms with van der Waals surface area (Å²) in [7, 11) is 0. The van der Waals surface area contributed by atoms with Crippen molar-refractivity contribution in [2.24, 2.45) is 5.84 Å².